The number of thiophene rings is 1. The number of fused-ring (bicyclic) bond motifs is 1. The zero-order valence-corrected chi connectivity index (χ0v) is 15.2. The molecule has 0 aliphatic heterocycles. The van der Waals surface area contributed by atoms with E-state index in [4.69, 9.17) is 16.0 Å². The van der Waals surface area contributed by atoms with Gasteiger partial charge in [-0.1, -0.05) is 23.4 Å². The zero-order valence-electron chi connectivity index (χ0n) is 12.8. The van der Waals surface area contributed by atoms with E-state index in [0.717, 1.165) is 18.4 Å². The van der Waals surface area contributed by atoms with Crippen molar-refractivity contribution in [3.8, 4) is 0 Å². The minimum atomic E-state index is 0.133. The van der Waals surface area contributed by atoms with Crippen LogP contribution < -0.4 is 0 Å². The lowest BCUT2D eigenvalue weighted by Gasteiger charge is -2.21. The molecule has 0 atom stereocenters. The summed E-state index contributed by atoms with van der Waals surface area (Å²) in [6.07, 6.45) is 2.20. The lowest BCUT2D eigenvalue weighted by atomic mass is 10.3. The Kier molecular flexibility index (Phi) is 4.52. The van der Waals surface area contributed by atoms with Crippen LogP contribution >= 0.6 is 34.7 Å². The first-order valence-corrected chi connectivity index (χ1v) is 9.99. The van der Waals surface area contributed by atoms with Gasteiger partial charge in [-0.3, -0.25) is 4.79 Å². The molecule has 1 aliphatic carbocycles. The van der Waals surface area contributed by atoms with E-state index in [1.54, 1.807) is 23.5 Å². The number of aromatic nitrogens is 1. The minimum absolute atomic E-state index is 0.133. The summed E-state index contributed by atoms with van der Waals surface area (Å²) in [4.78, 5) is 19.0. The van der Waals surface area contributed by atoms with Gasteiger partial charge in [0.1, 0.15) is 5.52 Å². The van der Waals surface area contributed by atoms with Crippen molar-refractivity contribution >= 4 is 51.7 Å². The van der Waals surface area contributed by atoms with Crippen molar-refractivity contribution in [3.05, 3.63) is 45.6 Å². The number of halogens is 1. The summed E-state index contributed by atoms with van der Waals surface area (Å²) in [5, 5.41) is 5.26. The molecule has 0 N–H and O–H groups in total. The monoisotopic (exact) mass is 378 g/mol. The first-order chi connectivity index (χ1) is 11.7. The number of rotatable bonds is 6. The maximum atomic E-state index is 12.6. The first-order valence-electron chi connectivity index (χ1n) is 7.68. The highest BCUT2D eigenvalue weighted by molar-refractivity contribution is 7.99. The normalized spacial score (nSPS) is 14.2. The quantitative estimate of drug-likeness (QED) is 0.576. The third-order valence-corrected chi connectivity index (χ3v) is 5.67. The molecule has 0 bridgehead atoms. The molecule has 1 aromatic carbocycles. The fourth-order valence-electron chi connectivity index (χ4n) is 2.53. The van der Waals surface area contributed by atoms with E-state index < -0.39 is 0 Å². The molecule has 7 heteroatoms. The van der Waals surface area contributed by atoms with Crippen LogP contribution in [0.5, 0.6) is 0 Å². The van der Waals surface area contributed by atoms with Gasteiger partial charge in [-0.05, 0) is 47.4 Å². The fourth-order valence-corrected chi connectivity index (χ4v) is 4.08. The van der Waals surface area contributed by atoms with Crippen LogP contribution in [0.15, 0.2) is 44.7 Å². The lowest BCUT2D eigenvalue weighted by Crippen LogP contribution is -2.33. The second kappa shape index (κ2) is 6.78. The number of oxazole rings is 1. The Labute approximate surface area is 152 Å². The van der Waals surface area contributed by atoms with Gasteiger partial charge in [0, 0.05) is 23.7 Å². The molecule has 124 valence electrons. The van der Waals surface area contributed by atoms with Crippen LogP contribution in [0.2, 0.25) is 5.02 Å². The molecule has 0 radical (unpaired) electrons. The van der Waals surface area contributed by atoms with Crippen molar-refractivity contribution < 1.29 is 9.21 Å². The number of hydrogen-bond acceptors (Lipinski definition) is 5. The molecule has 24 heavy (non-hydrogen) atoms. The van der Waals surface area contributed by atoms with Crippen molar-refractivity contribution in [3.63, 3.8) is 0 Å². The molecule has 4 rings (SSSR count). The van der Waals surface area contributed by atoms with Crippen LogP contribution in [0.4, 0.5) is 0 Å². The Morgan fingerprint density at radius 3 is 3.04 bits per heavy atom. The second-order valence-corrected chi connectivity index (χ2v) is 7.91. The Hall–Kier alpha value is -1.50. The molecule has 1 fully saturated rings. The van der Waals surface area contributed by atoms with Crippen molar-refractivity contribution in [2.75, 3.05) is 5.75 Å². The SMILES string of the molecule is O=C(CSc1nc2ccc(Cl)cc2o1)N(Cc1ccsc1)C1CC1. The topological polar surface area (TPSA) is 46.3 Å². The number of benzene rings is 1. The number of hydrogen-bond donors (Lipinski definition) is 0. The molecule has 1 aliphatic rings. The van der Waals surface area contributed by atoms with E-state index in [1.165, 1.54) is 17.3 Å². The number of carbonyl (C=O) groups excluding carboxylic acids is 1. The summed E-state index contributed by atoms with van der Waals surface area (Å²) >= 11 is 8.95. The summed E-state index contributed by atoms with van der Waals surface area (Å²) in [5.74, 6) is 0.468. The third kappa shape index (κ3) is 3.61. The molecule has 3 aromatic rings. The predicted octanol–water partition coefficient (Wildman–Crippen LogP) is 4.83. The summed E-state index contributed by atoms with van der Waals surface area (Å²) in [7, 11) is 0. The molecule has 1 amide bonds. The van der Waals surface area contributed by atoms with Gasteiger partial charge in [0.2, 0.25) is 5.91 Å². The third-order valence-electron chi connectivity index (χ3n) is 3.89. The van der Waals surface area contributed by atoms with Crippen LogP contribution in [0.1, 0.15) is 18.4 Å². The predicted molar refractivity (Wildman–Crippen MR) is 97.6 cm³/mol. The average molecular weight is 379 g/mol. The Morgan fingerprint density at radius 2 is 2.29 bits per heavy atom. The molecular formula is C17H15ClN2O2S2. The maximum absolute atomic E-state index is 12.6. The number of amides is 1. The standard InChI is InChI=1S/C17H15ClN2O2S2/c18-12-1-4-14-15(7-12)22-17(19-14)24-10-16(21)20(13-2-3-13)8-11-5-6-23-9-11/h1,4-7,9,13H,2-3,8,10H2. The molecule has 0 unspecified atom stereocenters. The van der Waals surface area contributed by atoms with Gasteiger partial charge in [-0.15, -0.1) is 0 Å². The van der Waals surface area contributed by atoms with Crippen molar-refractivity contribution in [2.24, 2.45) is 0 Å². The molecule has 4 nitrogen and oxygen atoms in total. The van der Waals surface area contributed by atoms with E-state index in [-0.39, 0.29) is 5.91 Å². The van der Waals surface area contributed by atoms with E-state index >= 15 is 0 Å². The summed E-state index contributed by atoms with van der Waals surface area (Å²) in [6.45, 7) is 0.691. The molecule has 2 heterocycles. The first kappa shape index (κ1) is 16.0. The van der Waals surface area contributed by atoms with E-state index in [9.17, 15) is 4.79 Å². The number of thioether (sulfide) groups is 1. The fraction of sp³-hybridized carbons (Fsp3) is 0.294. The Balaban J connectivity index is 1.42. The van der Waals surface area contributed by atoms with Crippen LogP contribution in [-0.4, -0.2) is 27.6 Å². The van der Waals surface area contributed by atoms with Gasteiger partial charge in [0.15, 0.2) is 5.58 Å². The zero-order chi connectivity index (χ0) is 16.5. The van der Waals surface area contributed by atoms with Gasteiger partial charge < -0.3 is 9.32 Å². The lowest BCUT2D eigenvalue weighted by molar-refractivity contribution is -0.129. The molecule has 0 saturated heterocycles. The average Bonchev–Trinajstić information content (AvgIpc) is 3.12. The van der Waals surface area contributed by atoms with Gasteiger partial charge in [-0.2, -0.15) is 11.3 Å². The van der Waals surface area contributed by atoms with Crippen LogP contribution in [-0.2, 0) is 11.3 Å². The van der Waals surface area contributed by atoms with Crippen molar-refractivity contribution in [1.82, 2.24) is 9.88 Å². The number of carbonyl (C=O) groups is 1. The van der Waals surface area contributed by atoms with Crippen LogP contribution in [0, 0.1) is 0 Å². The molecule has 2 aromatic heterocycles. The summed E-state index contributed by atoms with van der Waals surface area (Å²) in [6, 6.07) is 7.80. The van der Waals surface area contributed by atoms with Gasteiger partial charge in [-0.25, -0.2) is 4.98 Å². The summed E-state index contributed by atoms with van der Waals surface area (Å²) in [5.41, 5.74) is 2.60. The molecule has 0 spiro atoms. The highest BCUT2D eigenvalue weighted by Gasteiger charge is 2.32. The van der Waals surface area contributed by atoms with Gasteiger partial charge in [0.25, 0.3) is 5.22 Å². The highest BCUT2D eigenvalue weighted by Crippen LogP contribution is 2.31. The number of nitrogens with zero attached hydrogens (tertiary/aromatic N) is 2. The van der Waals surface area contributed by atoms with Gasteiger partial charge in [0.05, 0.1) is 5.75 Å². The van der Waals surface area contributed by atoms with E-state index in [2.05, 4.69) is 16.4 Å². The Bertz CT molecular complexity index is 859. The highest BCUT2D eigenvalue weighted by atomic mass is 35.5. The largest absolute Gasteiger partial charge is 0.431 e. The molecular weight excluding hydrogens is 364 g/mol. The second-order valence-electron chi connectivity index (χ2n) is 5.76. The van der Waals surface area contributed by atoms with E-state index in [1.807, 2.05) is 16.3 Å². The van der Waals surface area contributed by atoms with E-state index in [0.29, 0.717) is 34.2 Å². The van der Waals surface area contributed by atoms with Crippen LogP contribution in [0.25, 0.3) is 11.1 Å². The van der Waals surface area contributed by atoms with Crippen molar-refractivity contribution in [1.29, 1.82) is 0 Å². The summed E-state index contributed by atoms with van der Waals surface area (Å²) < 4.78 is 5.66. The Morgan fingerprint density at radius 1 is 1.42 bits per heavy atom. The van der Waals surface area contributed by atoms with Gasteiger partial charge >= 0.3 is 0 Å². The van der Waals surface area contributed by atoms with Crippen molar-refractivity contribution in [2.45, 2.75) is 30.7 Å². The maximum Gasteiger partial charge on any atom is 0.257 e. The smallest absolute Gasteiger partial charge is 0.257 e. The molecule has 1 saturated carbocycles. The minimum Gasteiger partial charge on any atom is -0.431 e. The van der Waals surface area contributed by atoms with Crippen LogP contribution in [0.3, 0.4) is 0 Å².